The standard InChI is InChI=1S/C10H10N2O3S/c11-8-5-1-3-7-4-2-6-9(10(7)8)16(13,14)15-12/h1-6H,11-12H2/q+1. The van der Waals surface area contributed by atoms with Gasteiger partial charge in [0, 0.05) is 11.8 Å². The lowest BCUT2D eigenvalue weighted by atomic mass is 10.1. The monoisotopic (exact) mass is 238 g/mol. The maximum absolute atomic E-state index is 11.6. The van der Waals surface area contributed by atoms with E-state index in [1.54, 1.807) is 30.3 Å². The molecular formula is C10H10N2O3S+. The summed E-state index contributed by atoms with van der Waals surface area (Å²) in [4.78, 5) is -0.0226. The van der Waals surface area contributed by atoms with Gasteiger partial charge in [-0.1, -0.05) is 24.3 Å². The van der Waals surface area contributed by atoms with Crippen molar-refractivity contribution in [2.75, 3.05) is 5.73 Å². The molecule has 0 bridgehead atoms. The molecule has 0 fully saturated rings. The van der Waals surface area contributed by atoms with Gasteiger partial charge in [0.2, 0.25) is 4.90 Å². The molecule has 1 unspecified atom stereocenters. The molecule has 0 heterocycles. The van der Waals surface area contributed by atoms with Crippen molar-refractivity contribution in [2.24, 2.45) is 5.90 Å². The van der Waals surface area contributed by atoms with Crippen molar-refractivity contribution in [1.29, 1.82) is 0 Å². The van der Waals surface area contributed by atoms with E-state index < -0.39 is 10.5 Å². The Balaban J connectivity index is 2.86. The predicted molar refractivity (Wildman–Crippen MR) is 60.6 cm³/mol. The number of hydrogen-bond acceptors (Lipinski definition) is 4. The van der Waals surface area contributed by atoms with Gasteiger partial charge in [0.25, 0.3) is 0 Å². The molecule has 1 radical (unpaired) electrons. The van der Waals surface area contributed by atoms with E-state index in [2.05, 4.69) is 4.28 Å². The molecule has 16 heavy (non-hydrogen) atoms. The Labute approximate surface area is 93.4 Å². The Kier molecular flexibility index (Phi) is 2.64. The molecule has 0 amide bonds. The highest BCUT2D eigenvalue weighted by Gasteiger charge is 2.36. The lowest BCUT2D eigenvalue weighted by Crippen LogP contribution is -2.17. The van der Waals surface area contributed by atoms with Crippen LogP contribution in [0.3, 0.4) is 0 Å². The van der Waals surface area contributed by atoms with Gasteiger partial charge in [0.1, 0.15) is 0 Å². The van der Waals surface area contributed by atoms with Crippen LogP contribution in [0.25, 0.3) is 10.8 Å². The first-order valence-corrected chi connectivity index (χ1v) is 5.87. The zero-order chi connectivity index (χ0) is 11.8. The minimum Gasteiger partial charge on any atom is -0.398 e. The third kappa shape index (κ3) is 1.68. The van der Waals surface area contributed by atoms with Crippen LogP contribution < -0.4 is 11.6 Å². The van der Waals surface area contributed by atoms with Gasteiger partial charge in [-0.3, -0.25) is 0 Å². The molecular weight excluding hydrogens is 228 g/mol. The minimum atomic E-state index is -3.95. The normalized spacial score (nSPS) is 14.9. The molecule has 2 aromatic rings. The molecule has 2 aromatic carbocycles. The molecule has 0 spiro atoms. The quantitative estimate of drug-likeness (QED) is 0.469. The number of hydrogen-bond donors (Lipinski definition) is 2. The highest BCUT2D eigenvalue weighted by Crippen LogP contribution is 2.31. The van der Waals surface area contributed by atoms with E-state index in [-0.39, 0.29) is 4.90 Å². The number of nitrogen functional groups attached to an aromatic ring is 1. The second kappa shape index (κ2) is 3.84. The van der Waals surface area contributed by atoms with Gasteiger partial charge in [-0.05, 0) is 19.9 Å². The Bertz CT molecular complexity index is 580. The molecule has 0 saturated heterocycles. The average Bonchev–Trinajstić information content (AvgIpc) is 2.29. The van der Waals surface area contributed by atoms with Crippen LogP contribution in [-0.2, 0) is 23.5 Å². The molecule has 0 aliphatic carbocycles. The number of fused-ring (bicyclic) bond motifs is 1. The summed E-state index contributed by atoms with van der Waals surface area (Å²) in [7, 11) is -3.95. The molecule has 6 heteroatoms. The first kappa shape index (κ1) is 11.0. The zero-order valence-electron chi connectivity index (χ0n) is 8.25. The zero-order valence-corrected chi connectivity index (χ0v) is 9.07. The largest absolute Gasteiger partial charge is 0.448 e. The molecule has 0 saturated carbocycles. The summed E-state index contributed by atoms with van der Waals surface area (Å²) in [6.45, 7) is 0. The summed E-state index contributed by atoms with van der Waals surface area (Å²) in [5.74, 6) is 4.75. The molecule has 83 valence electrons. The van der Waals surface area contributed by atoms with Gasteiger partial charge in [0.05, 0.1) is 9.94 Å². The van der Waals surface area contributed by atoms with Crippen molar-refractivity contribution in [3.8, 4) is 0 Å². The lowest BCUT2D eigenvalue weighted by molar-refractivity contribution is 0.262. The summed E-state index contributed by atoms with van der Waals surface area (Å²) >= 11 is 0. The molecule has 2 rings (SSSR count). The van der Waals surface area contributed by atoms with E-state index in [0.717, 1.165) is 5.39 Å². The number of rotatable bonds is 2. The Hall–Kier alpha value is -1.47. The fourth-order valence-electron chi connectivity index (χ4n) is 1.59. The fraction of sp³-hybridized carbons (Fsp3) is 0. The van der Waals surface area contributed by atoms with Gasteiger partial charge in [-0.2, -0.15) is 5.90 Å². The van der Waals surface area contributed by atoms with E-state index in [1.807, 2.05) is 0 Å². The minimum absolute atomic E-state index is 0.0226. The van der Waals surface area contributed by atoms with Gasteiger partial charge in [0.15, 0.2) is 0 Å². The van der Waals surface area contributed by atoms with E-state index in [1.165, 1.54) is 6.07 Å². The highest BCUT2D eigenvalue weighted by atomic mass is 32.3. The Morgan fingerprint density at radius 2 is 1.75 bits per heavy atom. The van der Waals surface area contributed by atoms with E-state index in [0.29, 0.717) is 11.1 Å². The SMILES string of the molecule is NO[S+]([O])(=O)c1cccc2cccc(N)c12. The van der Waals surface area contributed by atoms with Gasteiger partial charge in [-0.15, -0.1) is 0 Å². The molecule has 0 aromatic heterocycles. The van der Waals surface area contributed by atoms with Crippen LogP contribution in [0, 0.1) is 0 Å². The molecule has 0 aliphatic heterocycles. The smallest absolute Gasteiger partial charge is 0.398 e. The number of anilines is 1. The topological polar surface area (TPSA) is 98.2 Å². The predicted octanol–water partition coefficient (Wildman–Crippen LogP) is 1.43. The van der Waals surface area contributed by atoms with Crippen molar-refractivity contribution in [3.63, 3.8) is 0 Å². The van der Waals surface area contributed by atoms with E-state index in [9.17, 15) is 8.76 Å². The number of nitrogens with two attached hydrogens (primary N) is 2. The fourth-order valence-corrected chi connectivity index (χ4v) is 2.43. The van der Waals surface area contributed by atoms with Crippen molar-refractivity contribution in [1.82, 2.24) is 0 Å². The van der Waals surface area contributed by atoms with Crippen molar-refractivity contribution >= 4 is 27.0 Å². The maximum atomic E-state index is 11.6. The Morgan fingerprint density at radius 3 is 2.38 bits per heavy atom. The van der Waals surface area contributed by atoms with Crippen LogP contribution in [0.4, 0.5) is 5.69 Å². The van der Waals surface area contributed by atoms with Crippen LogP contribution in [0.15, 0.2) is 41.3 Å². The van der Waals surface area contributed by atoms with Gasteiger partial charge in [-0.25, -0.2) is 0 Å². The summed E-state index contributed by atoms with van der Waals surface area (Å²) in [5.41, 5.74) is 6.12. The van der Waals surface area contributed by atoms with Gasteiger partial charge < -0.3 is 5.73 Å². The van der Waals surface area contributed by atoms with Crippen LogP contribution in [0.1, 0.15) is 0 Å². The first-order chi connectivity index (χ1) is 7.56. The Morgan fingerprint density at radius 1 is 1.12 bits per heavy atom. The molecule has 0 aliphatic rings. The van der Waals surface area contributed by atoms with Crippen LogP contribution in [-0.4, -0.2) is 0 Å². The van der Waals surface area contributed by atoms with E-state index >= 15 is 0 Å². The second-order valence-corrected chi connectivity index (χ2v) is 4.79. The maximum Gasteiger partial charge on any atom is 0.448 e. The summed E-state index contributed by atoms with van der Waals surface area (Å²) in [5, 5.41) is 1.15. The molecule has 4 N–H and O–H groups in total. The third-order valence-electron chi connectivity index (χ3n) is 2.29. The number of benzene rings is 2. The molecule has 5 nitrogen and oxygen atoms in total. The summed E-state index contributed by atoms with van der Waals surface area (Å²) in [6.07, 6.45) is 0. The summed E-state index contributed by atoms with van der Waals surface area (Å²) < 4.78 is 27.1. The highest BCUT2D eigenvalue weighted by molar-refractivity contribution is 7.93. The van der Waals surface area contributed by atoms with Crippen LogP contribution in [0.2, 0.25) is 0 Å². The third-order valence-corrected chi connectivity index (χ3v) is 3.43. The van der Waals surface area contributed by atoms with Crippen LogP contribution in [0.5, 0.6) is 0 Å². The van der Waals surface area contributed by atoms with Crippen molar-refractivity contribution in [2.45, 2.75) is 4.90 Å². The van der Waals surface area contributed by atoms with Crippen molar-refractivity contribution in [3.05, 3.63) is 36.4 Å². The summed E-state index contributed by atoms with van der Waals surface area (Å²) in [6, 6.07) is 9.91. The van der Waals surface area contributed by atoms with Crippen molar-refractivity contribution < 1.29 is 13.0 Å². The van der Waals surface area contributed by atoms with E-state index in [4.69, 9.17) is 11.6 Å². The lowest BCUT2D eigenvalue weighted by Gasteiger charge is -2.04. The molecule has 1 atom stereocenters. The first-order valence-electron chi connectivity index (χ1n) is 4.47. The average molecular weight is 238 g/mol. The van der Waals surface area contributed by atoms with Crippen LogP contribution >= 0.6 is 0 Å². The second-order valence-electron chi connectivity index (χ2n) is 3.25. The van der Waals surface area contributed by atoms with Gasteiger partial charge >= 0.3 is 10.5 Å².